The van der Waals surface area contributed by atoms with Crippen molar-refractivity contribution in [2.75, 3.05) is 29.9 Å². The van der Waals surface area contributed by atoms with E-state index >= 15 is 0 Å². The number of hydrogen-bond donors (Lipinski definition) is 2. The number of urea groups is 1. The maximum Gasteiger partial charge on any atom is 0.319 e. The molecular weight excluding hydrogens is 431 g/mol. The highest BCUT2D eigenvalue weighted by atomic mass is 35.5. The number of hydrogen-bond acceptors (Lipinski definition) is 3. The lowest BCUT2D eigenvalue weighted by atomic mass is 10.1. The summed E-state index contributed by atoms with van der Waals surface area (Å²) in [5.74, 6) is 0. The fourth-order valence-corrected chi connectivity index (χ4v) is 5.46. The number of amides is 2. The van der Waals surface area contributed by atoms with Gasteiger partial charge in [-0.1, -0.05) is 23.2 Å². The van der Waals surface area contributed by atoms with Crippen molar-refractivity contribution in [3.63, 3.8) is 0 Å². The number of nitrogens with one attached hydrogen (secondary N) is 2. The number of anilines is 2. The summed E-state index contributed by atoms with van der Waals surface area (Å²) in [6.45, 7) is 8.22. The molecule has 2 unspecified atom stereocenters. The van der Waals surface area contributed by atoms with E-state index in [1.807, 2.05) is 12.1 Å². The minimum absolute atomic E-state index is 0.257. The van der Waals surface area contributed by atoms with Crippen LogP contribution in [0.2, 0.25) is 10.0 Å². The Labute approximate surface area is 194 Å². The van der Waals surface area contributed by atoms with Crippen LogP contribution in [0.25, 0.3) is 0 Å². The van der Waals surface area contributed by atoms with E-state index in [-0.39, 0.29) is 6.03 Å². The van der Waals surface area contributed by atoms with Gasteiger partial charge in [-0.3, -0.25) is 4.90 Å². The lowest BCUT2D eigenvalue weighted by molar-refractivity contribution is 0.204. The van der Waals surface area contributed by atoms with Crippen molar-refractivity contribution >= 4 is 40.6 Å². The first-order valence-electron chi connectivity index (χ1n) is 11.0. The molecule has 2 heterocycles. The highest BCUT2D eigenvalue weighted by molar-refractivity contribution is 6.34. The minimum atomic E-state index is -0.257. The van der Waals surface area contributed by atoms with Gasteiger partial charge in [0.1, 0.15) is 0 Å². The molecule has 0 aliphatic carbocycles. The summed E-state index contributed by atoms with van der Waals surface area (Å²) in [4.78, 5) is 17.5. The molecule has 2 aromatic rings. The molecule has 2 saturated heterocycles. The van der Waals surface area contributed by atoms with Crippen LogP contribution in [0.15, 0.2) is 36.4 Å². The van der Waals surface area contributed by atoms with E-state index in [0.29, 0.717) is 28.7 Å². The van der Waals surface area contributed by atoms with E-state index in [2.05, 4.69) is 40.3 Å². The molecule has 0 bridgehead atoms. The molecule has 0 saturated carbocycles. The molecule has 2 aliphatic rings. The Kier molecular flexibility index (Phi) is 6.95. The SMILES string of the molecule is Cc1cc(NC(=O)NCc2cc(Cl)cc(Cl)c2)ccc1N1CCC(N2CCCC2C)C1. The van der Waals surface area contributed by atoms with Gasteiger partial charge in [0.15, 0.2) is 0 Å². The van der Waals surface area contributed by atoms with Crippen molar-refractivity contribution < 1.29 is 4.79 Å². The quantitative estimate of drug-likeness (QED) is 0.602. The molecule has 4 rings (SSSR count). The molecule has 2 fully saturated rings. The first-order chi connectivity index (χ1) is 14.9. The van der Waals surface area contributed by atoms with Crippen LogP contribution in [0.5, 0.6) is 0 Å². The Morgan fingerprint density at radius 3 is 2.55 bits per heavy atom. The normalized spacial score (nSPS) is 21.5. The summed E-state index contributed by atoms with van der Waals surface area (Å²) >= 11 is 12.0. The van der Waals surface area contributed by atoms with Gasteiger partial charge in [0.2, 0.25) is 0 Å². The van der Waals surface area contributed by atoms with E-state index in [0.717, 1.165) is 24.3 Å². The number of carbonyl (C=O) groups is 1. The Morgan fingerprint density at radius 1 is 1.10 bits per heavy atom. The second-order valence-corrected chi connectivity index (χ2v) is 9.58. The molecule has 2 N–H and O–H groups in total. The van der Waals surface area contributed by atoms with E-state index < -0.39 is 0 Å². The number of halogens is 2. The predicted molar refractivity (Wildman–Crippen MR) is 130 cm³/mol. The topological polar surface area (TPSA) is 47.6 Å². The highest BCUT2D eigenvalue weighted by Crippen LogP contribution is 2.31. The van der Waals surface area contributed by atoms with Crippen molar-refractivity contribution in [1.29, 1.82) is 0 Å². The molecule has 2 amide bonds. The van der Waals surface area contributed by atoms with Crippen LogP contribution in [0, 0.1) is 6.92 Å². The standard InChI is InChI=1S/C24H30Cl2N4O/c1-16-10-21(28-24(31)27-14-18-11-19(25)13-20(26)12-18)5-6-23(16)29-9-7-22(15-29)30-8-3-4-17(30)2/h5-6,10-13,17,22H,3-4,7-9,14-15H2,1-2H3,(H2,27,28,31). The number of aryl methyl sites for hydroxylation is 1. The fourth-order valence-electron chi connectivity index (χ4n) is 4.89. The average Bonchev–Trinajstić information content (AvgIpc) is 3.34. The Morgan fingerprint density at radius 2 is 1.87 bits per heavy atom. The van der Waals surface area contributed by atoms with Gasteiger partial charge in [0.25, 0.3) is 0 Å². The maximum atomic E-state index is 12.3. The van der Waals surface area contributed by atoms with Gasteiger partial charge < -0.3 is 15.5 Å². The van der Waals surface area contributed by atoms with E-state index in [4.69, 9.17) is 23.2 Å². The van der Waals surface area contributed by atoms with Gasteiger partial charge >= 0.3 is 6.03 Å². The van der Waals surface area contributed by atoms with Crippen LogP contribution >= 0.6 is 23.2 Å². The second kappa shape index (κ2) is 9.68. The van der Waals surface area contributed by atoms with E-state index in [1.165, 1.54) is 37.1 Å². The number of carbonyl (C=O) groups excluding carboxylic acids is 1. The summed E-state index contributed by atoms with van der Waals surface area (Å²) < 4.78 is 0. The molecule has 2 atom stereocenters. The zero-order chi connectivity index (χ0) is 22.0. The Bertz CT molecular complexity index is 931. The van der Waals surface area contributed by atoms with Gasteiger partial charge in [0.05, 0.1) is 0 Å². The maximum absolute atomic E-state index is 12.3. The molecule has 0 spiro atoms. The van der Waals surface area contributed by atoms with Crippen molar-refractivity contribution in [1.82, 2.24) is 10.2 Å². The van der Waals surface area contributed by atoms with Gasteiger partial charge in [-0.2, -0.15) is 0 Å². The molecule has 7 heteroatoms. The zero-order valence-electron chi connectivity index (χ0n) is 18.1. The molecule has 31 heavy (non-hydrogen) atoms. The summed E-state index contributed by atoms with van der Waals surface area (Å²) in [7, 11) is 0. The lowest BCUT2D eigenvalue weighted by Crippen LogP contribution is -2.39. The summed E-state index contributed by atoms with van der Waals surface area (Å²) in [5, 5.41) is 6.88. The third-order valence-electron chi connectivity index (χ3n) is 6.41. The zero-order valence-corrected chi connectivity index (χ0v) is 19.6. The number of benzene rings is 2. The number of rotatable bonds is 5. The molecule has 0 aromatic heterocycles. The van der Waals surface area contributed by atoms with Crippen molar-refractivity contribution in [3.05, 3.63) is 57.6 Å². The monoisotopic (exact) mass is 460 g/mol. The largest absolute Gasteiger partial charge is 0.370 e. The average molecular weight is 461 g/mol. The Balaban J connectivity index is 1.32. The first kappa shape index (κ1) is 22.3. The van der Waals surface area contributed by atoms with Crippen molar-refractivity contribution in [2.24, 2.45) is 0 Å². The highest BCUT2D eigenvalue weighted by Gasteiger charge is 2.33. The van der Waals surface area contributed by atoms with Gasteiger partial charge in [0, 0.05) is 53.1 Å². The van der Waals surface area contributed by atoms with Crippen LogP contribution < -0.4 is 15.5 Å². The minimum Gasteiger partial charge on any atom is -0.370 e. The van der Waals surface area contributed by atoms with E-state index in [9.17, 15) is 4.79 Å². The summed E-state index contributed by atoms with van der Waals surface area (Å²) in [6.07, 6.45) is 3.87. The van der Waals surface area contributed by atoms with Crippen LogP contribution in [0.4, 0.5) is 16.2 Å². The smallest absolute Gasteiger partial charge is 0.319 e. The molecule has 5 nitrogen and oxygen atoms in total. The van der Waals surface area contributed by atoms with E-state index in [1.54, 1.807) is 18.2 Å². The van der Waals surface area contributed by atoms with Gasteiger partial charge in [-0.05, 0) is 87.2 Å². The molecule has 0 radical (unpaired) electrons. The predicted octanol–water partition coefficient (Wildman–Crippen LogP) is 5.69. The van der Waals surface area contributed by atoms with Crippen molar-refractivity contribution in [2.45, 2.75) is 51.7 Å². The third-order valence-corrected chi connectivity index (χ3v) is 6.84. The van der Waals surface area contributed by atoms with Crippen LogP contribution in [0.1, 0.15) is 37.3 Å². The van der Waals surface area contributed by atoms with Crippen molar-refractivity contribution in [3.8, 4) is 0 Å². The fraction of sp³-hybridized carbons (Fsp3) is 0.458. The number of likely N-dealkylation sites (tertiary alicyclic amines) is 1. The summed E-state index contributed by atoms with van der Waals surface area (Å²) in [5.41, 5.74) is 4.07. The van der Waals surface area contributed by atoms with Crippen LogP contribution in [-0.4, -0.2) is 42.6 Å². The van der Waals surface area contributed by atoms with Crippen LogP contribution in [-0.2, 0) is 6.54 Å². The molecule has 166 valence electrons. The second-order valence-electron chi connectivity index (χ2n) is 8.70. The molecule has 2 aromatic carbocycles. The first-order valence-corrected chi connectivity index (χ1v) is 11.8. The molecular formula is C24H30Cl2N4O. The van der Waals surface area contributed by atoms with Gasteiger partial charge in [-0.25, -0.2) is 4.79 Å². The Hall–Kier alpha value is -1.95. The lowest BCUT2D eigenvalue weighted by Gasteiger charge is -2.29. The molecule has 2 aliphatic heterocycles. The third kappa shape index (κ3) is 5.46. The van der Waals surface area contributed by atoms with Gasteiger partial charge in [-0.15, -0.1) is 0 Å². The van der Waals surface area contributed by atoms with Crippen LogP contribution in [0.3, 0.4) is 0 Å². The number of nitrogens with zero attached hydrogens (tertiary/aromatic N) is 2. The summed E-state index contributed by atoms with van der Waals surface area (Å²) in [6, 6.07) is 12.5.